The molecule has 0 atom stereocenters. The average Bonchev–Trinajstić information content (AvgIpc) is 2.08. The number of benzene rings is 1. The number of thiol groups is 1. The van der Waals surface area contributed by atoms with Crippen LogP contribution in [0.15, 0.2) is 23.1 Å². The van der Waals surface area contributed by atoms with Crippen molar-refractivity contribution in [3.8, 4) is 0 Å². The Morgan fingerprint density at radius 1 is 1.44 bits per heavy atom. The van der Waals surface area contributed by atoms with Gasteiger partial charge in [-0.15, -0.1) is 12.6 Å². The lowest BCUT2D eigenvalue weighted by Gasteiger charge is -2.19. The van der Waals surface area contributed by atoms with Gasteiger partial charge in [-0.05, 0) is 39.0 Å². The second-order valence-corrected chi connectivity index (χ2v) is 5.18. The summed E-state index contributed by atoms with van der Waals surface area (Å²) in [6.07, 6.45) is -0.504. The van der Waals surface area contributed by atoms with Crippen molar-refractivity contribution < 1.29 is 9.53 Å². The summed E-state index contributed by atoms with van der Waals surface area (Å²) in [7, 11) is 0. The molecule has 0 aliphatic rings. The van der Waals surface area contributed by atoms with Gasteiger partial charge in [-0.1, -0.05) is 11.6 Å². The van der Waals surface area contributed by atoms with Crippen molar-refractivity contribution in [1.29, 1.82) is 0 Å². The summed E-state index contributed by atoms with van der Waals surface area (Å²) in [6, 6.07) is 5.03. The summed E-state index contributed by atoms with van der Waals surface area (Å²) < 4.78 is 5.10. The lowest BCUT2D eigenvalue weighted by Crippen LogP contribution is -2.27. The molecule has 1 rings (SSSR count). The van der Waals surface area contributed by atoms with E-state index in [0.29, 0.717) is 15.6 Å². The van der Waals surface area contributed by atoms with E-state index in [1.807, 2.05) is 0 Å². The smallest absolute Gasteiger partial charge is 0.412 e. The maximum Gasteiger partial charge on any atom is 0.412 e. The Labute approximate surface area is 106 Å². The van der Waals surface area contributed by atoms with E-state index in [4.69, 9.17) is 16.3 Å². The number of ether oxygens (including phenoxy) is 1. The average molecular weight is 260 g/mol. The van der Waals surface area contributed by atoms with E-state index in [-0.39, 0.29) is 0 Å². The molecule has 0 aliphatic heterocycles. The minimum Gasteiger partial charge on any atom is -0.444 e. The summed E-state index contributed by atoms with van der Waals surface area (Å²) in [5.41, 5.74) is 0.0641. The Bertz CT molecular complexity index is 401. The van der Waals surface area contributed by atoms with E-state index < -0.39 is 11.7 Å². The quantitative estimate of drug-likeness (QED) is 0.749. The highest BCUT2D eigenvalue weighted by atomic mass is 35.5. The van der Waals surface area contributed by atoms with Gasteiger partial charge in [0, 0.05) is 10.6 Å². The van der Waals surface area contributed by atoms with E-state index in [1.54, 1.807) is 39.0 Å². The molecule has 1 amide bonds. The Morgan fingerprint density at radius 3 is 2.56 bits per heavy atom. The number of carbonyl (C=O) groups excluding carboxylic acids is 1. The molecule has 1 N–H and O–H groups in total. The zero-order valence-electron chi connectivity index (χ0n) is 9.37. The van der Waals surface area contributed by atoms with Gasteiger partial charge in [-0.2, -0.15) is 0 Å². The SMILES string of the molecule is CC(C)(C)OC(=O)Nc1ccc(S)c(Cl)c1. The predicted molar refractivity (Wildman–Crippen MR) is 68.6 cm³/mol. The monoisotopic (exact) mass is 259 g/mol. The number of hydrogen-bond acceptors (Lipinski definition) is 3. The van der Waals surface area contributed by atoms with Gasteiger partial charge in [0.1, 0.15) is 5.60 Å². The van der Waals surface area contributed by atoms with Gasteiger partial charge in [0.05, 0.1) is 5.02 Å². The van der Waals surface area contributed by atoms with Gasteiger partial charge in [-0.25, -0.2) is 4.79 Å². The number of anilines is 1. The minimum atomic E-state index is -0.517. The highest BCUT2D eigenvalue weighted by Gasteiger charge is 2.16. The Hall–Kier alpha value is -0.870. The number of carbonyl (C=O) groups is 1. The molecule has 0 saturated heterocycles. The number of hydrogen-bond donors (Lipinski definition) is 2. The maximum atomic E-state index is 11.4. The summed E-state index contributed by atoms with van der Waals surface area (Å²) in [4.78, 5) is 12.1. The first-order valence-electron chi connectivity index (χ1n) is 4.76. The topological polar surface area (TPSA) is 38.3 Å². The lowest BCUT2D eigenvalue weighted by atomic mass is 10.2. The molecule has 0 radical (unpaired) electrons. The van der Waals surface area contributed by atoms with Crippen LogP contribution in [-0.4, -0.2) is 11.7 Å². The van der Waals surface area contributed by atoms with Crippen molar-refractivity contribution >= 4 is 36.0 Å². The van der Waals surface area contributed by atoms with Crippen LogP contribution in [0.2, 0.25) is 5.02 Å². The minimum absolute atomic E-state index is 0.483. The molecular formula is C11H14ClNO2S. The van der Waals surface area contributed by atoms with Gasteiger partial charge in [0.15, 0.2) is 0 Å². The predicted octanol–water partition coefficient (Wildman–Crippen LogP) is 3.98. The Kier molecular flexibility index (Phi) is 4.10. The van der Waals surface area contributed by atoms with Gasteiger partial charge in [0.2, 0.25) is 0 Å². The molecule has 0 spiro atoms. The number of rotatable bonds is 1. The molecule has 0 heterocycles. The van der Waals surface area contributed by atoms with E-state index in [9.17, 15) is 4.79 Å². The normalized spacial score (nSPS) is 11.1. The zero-order valence-corrected chi connectivity index (χ0v) is 11.0. The zero-order chi connectivity index (χ0) is 12.3. The van der Waals surface area contributed by atoms with Crippen LogP contribution in [0.1, 0.15) is 20.8 Å². The molecule has 1 aromatic carbocycles. The summed E-state index contributed by atoms with van der Waals surface area (Å²) >= 11 is 9.99. The van der Waals surface area contributed by atoms with Gasteiger partial charge in [0.25, 0.3) is 0 Å². The summed E-state index contributed by atoms with van der Waals surface area (Å²) in [6.45, 7) is 5.41. The first-order valence-corrected chi connectivity index (χ1v) is 5.59. The molecular weight excluding hydrogens is 246 g/mol. The van der Waals surface area contributed by atoms with Crippen molar-refractivity contribution in [2.45, 2.75) is 31.3 Å². The van der Waals surface area contributed by atoms with Crippen LogP contribution < -0.4 is 5.32 Å². The maximum absolute atomic E-state index is 11.4. The van der Waals surface area contributed by atoms with Crippen LogP contribution in [0.4, 0.5) is 10.5 Å². The van der Waals surface area contributed by atoms with Gasteiger partial charge in [-0.3, -0.25) is 5.32 Å². The second kappa shape index (κ2) is 4.97. The van der Waals surface area contributed by atoms with E-state index in [2.05, 4.69) is 17.9 Å². The third-order valence-electron chi connectivity index (χ3n) is 1.59. The summed E-state index contributed by atoms with van der Waals surface area (Å²) in [5, 5.41) is 3.07. The van der Waals surface area contributed by atoms with Crippen LogP contribution in [0.3, 0.4) is 0 Å². The highest BCUT2D eigenvalue weighted by molar-refractivity contribution is 7.80. The fourth-order valence-corrected chi connectivity index (χ4v) is 1.33. The van der Waals surface area contributed by atoms with Gasteiger partial charge < -0.3 is 4.74 Å². The first-order chi connectivity index (χ1) is 7.28. The molecule has 5 heteroatoms. The first kappa shape index (κ1) is 13.2. The molecule has 1 aromatic rings. The van der Waals surface area contributed by atoms with Crippen molar-refractivity contribution in [3.05, 3.63) is 23.2 Å². The highest BCUT2D eigenvalue weighted by Crippen LogP contribution is 2.23. The standard InChI is InChI=1S/C11H14ClNO2S/c1-11(2,3)15-10(14)13-7-4-5-9(16)8(12)6-7/h4-6,16H,1-3H3,(H,13,14). The van der Waals surface area contributed by atoms with Crippen LogP contribution in [-0.2, 0) is 4.74 Å². The number of nitrogens with one attached hydrogen (secondary N) is 1. The third kappa shape index (κ3) is 4.33. The number of amides is 1. The molecule has 0 fully saturated rings. The molecule has 3 nitrogen and oxygen atoms in total. The van der Waals surface area contributed by atoms with E-state index >= 15 is 0 Å². The molecule has 0 saturated carbocycles. The van der Waals surface area contributed by atoms with Crippen LogP contribution >= 0.6 is 24.2 Å². The molecule has 0 unspecified atom stereocenters. The lowest BCUT2D eigenvalue weighted by molar-refractivity contribution is 0.0636. The third-order valence-corrected chi connectivity index (χ3v) is 2.43. The van der Waals surface area contributed by atoms with Crippen molar-refractivity contribution in [3.63, 3.8) is 0 Å². The van der Waals surface area contributed by atoms with E-state index in [1.165, 1.54) is 0 Å². The molecule has 16 heavy (non-hydrogen) atoms. The molecule has 0 aliphatic carbocycles. The van der Waals surface area contributed by atoms with Crippen LogP contribution in [0, 0.1) is 0 Å². The Balaban J connectivity index is 2.67. The fraction of sp³-hybridized carbons (Fsp3) is 0.364. The fourth-order valence-electron chi connectivity index (χ4n) is 1.01. The second-order valence-electron chi connectivity index (χ2n) is 4.29. The Morgan fingerprint density at radius 2 is 2.06 bits per heavy atom. The van der Waals surface area contributed by atoms with Crippen LogP contribution in [0.5, 0.6) is 0 Å². The van der Waals surface area contributed by atoms with E-state index in [0.717, 1.165) is 0 Å². The van der Waals surface area contributed by atoms with Crippen LogP contribution in [0.25, 0.3) is 0 Å². The molecule has 0 aromatic heterocycles. The summed E-state index contributed by atoms with van der Waals surface area (Å²) in [5.74, 6) is 0. The molecule has 0 bridgehead atoms. The number of halogens is 1. The molecule has 88 valence electrons. The van der Waals surface area contributed by atoms with Gasteiger partial charge >= 0.3 is 6.09 Å². The van der Waals surface area contributed by atoms with Crippen molar-refractivity contribution in [2.75, 3.05) is 5.32 Å². The largest absolute Gasteiger partial charge is 0.444 e. The van der Waals surface area contributed by atoms with Crippen molar-refractivity contribution in [1.82, 2.24) is 0 Å². The van der Waals surface area contributed by atoms with Crippen molar-refractivity contribution in [2.24, 2.45) is 0 Å².